The molecule has 0 bridgehead atoms. The third-order valence-electron chi connectivity index (χ3n) is 27.9. The van der Waals surface area contributed by atoms with Crippen molar-refractivity contribution in [2.75, 3.05) is 13.2 Å². The molecule has 0 spiro atoms. The molecule has 0 amide bonds. The summed E-state index contributed by atoms with van der Waals surface area (Å²) in [6.45, 7) is 26.9. The fourth-order valence-corrected chi connectivity index (χ4v) is 22.9. The molecular weight excluding hydrogens is 1080 g/mol. The molecule has 0 heterocycles. The summed E-state index contributed by atoms with van der Waals surface area (Å²) in [6, 6.07) is 16.9. The summed E-state index contributed by atoms with van der Waals surface area (Å²) in [7, 11) is 0. The van der Waals surface area contributed by atoms with E-state index < -0.39 is 0 Å². The predicted octanol–water partition coefficient (Wildman–Crippen LogP) is 22.9. The third-order valence-corrected chi connectivity index (χ3v) is 27.9. The molecule has 10 rings (SSSR count). The highest BCUT2D eigenvalue weighted by molar-refractivity contribution is 5.70. The summed E-state index contributed by atoms with van der Waals surface area (Å²) < 4.78 is 24.7. The minimum atomic E-state index is 0.0359. The Morgan fingerprint density at radius 1 is 0.398 bits per heavy atom. The van der Waals surface area contributed by atoms with Crippen molar-refractivity contribution in [2.45, 2.75) is 313 Å². The van der Waals surface area contributed by atoms with E-state index in [1.54, 1.807) is 0 Å². The van der Waals surface area contributed by atoms with Crippen molar-refractivity contribution in [3.8, 4) is 22.6 Å². The van der Waals surface area contributed by atoms with Crippen LogP contribution in [0.15, 0.2) is 48.5 Å². The number of fused-ring (bicyclic) bond motifs is 10. The van der Waals surface area contributed by atoms with E-state index in [0.29, 0.717) is 59.6 Å². The highest BCUT2D eigenvalue weighted by atomic mass is 16.5. The molecule has 88 heavy (non-hydrogen) atoms. The molecule has 8 fully saturated rings. The van der Waals surface area contributed by atoms with Gasteiger partial charge in [0.05, 0.1) is 13.2 Å². The number of benzene rings is 2. The molecule has 2 unspecified atom stereocenters. The molecule has 0 N–H and O–H groups in total. The molecule has 0 aromatic heterocycles. The van der Waals surface area contributed by atoms with Crippen molar-refractivity contribution < 1.29 is 28.5 Å². The lowest BCUT2D eigenvalue weighted by Gasteiger charge is -2.61. The van der Waals surface area contributed by atoms with E-state index >= 15 is 0 Å². The molecule has 6 nitrogen and oxygen atoms in total. The minimum Gasteiger partial charge on any atom is -0.494 e. The Bertz CT molecular complexity index is 2290. The van der Waals surface area contributed by atoms with E-state index in [-0.39, 0.29) is 24.1 Å². The SMILES string of the molecule is CC(C)CCC[C@@H](C)[C@H]1CC[C@H]2[C@@H]3CCC4C[C@@H](OC(=O)CCCCCCCOc5ccc(-c6ccc(OCCCCCCCC(=O)O[C@H]7CC[C@@]8(C)C(CC[C@H]9[C@@H]%10CC[C@H]([C@H](C)CCCC(C)C)[C@@]%10(C)CC[C@@H]98)C7)cc6)cc5)CC[C@]4(C)[C@H]3CC[C@]12C. The van der Waals surface area contributed by atoms with Gasteiger partial charge < -0.3 is 18.9 Å². The first kappa shape index (κ1) is 67.9. The van der Waals surface area contributed by atoms with Crippen LogP contribution < -0.4 is 9.47 Å². The Morgan fingerprint density at radius 3 is 1.16 bits per heavy atom. The van der Waals surface area contributed by atoms with Crippen molar-refractivity contribution in [2.24, 2.45) is 105 Å². The van der Waals surface area contributed by atoms with E-state index in [0.717, 1.165) is 172 Å². The van der Waals surface area contributed by atoms with Gasteiger partial charge in [-0.1, -0.05) is 171 Å². The zero-order chi connectivity index (χ0) is 62.1. The Balaban J connectivity index is 0.527. The molecule has 18 atom stereocenters. The standard InChI is InChI=1S/C82H130O6/c1-57(2)23-21-25-59(5)71-41-43-73-69-39-33-63-55-67(45-49-79(63,7)75(69)47-51-81(71,73)9)87-77(83)27-17-13-11-15-19-53-85-65-35-29-61(30-36-65)62-31-37-66(38-32-62)86-54-20-16-12-14-18-28-78(84)88-68-46-50-80(8)64(56-68)34-40-70-74-44-42-72(60(6)26-22-24-58(3)4)82(74,10)52-48-76(70)80/h29-32,35-38,57-60,63-64,67-76H,11-28,33-34,39-56H2,1-10H3/t59-,60-,63?,64?,67+,68+,69+,70+,71-,72-,73+,74+,75+,76+,79+,80+,81-,82-/m1/s1. The second-order valence-electron chi connectivity index (χ2n) is 33.9. The molecule has 494 valence electrons. The van der Waals surface area contributed by atoms with Crippen LogP contribution in [-0.4, -0.2) is 37.4 Å². The largest absolute Gasteiger partial charge is 0.494 e. The van der Waals surface area contributed by atoms with Crippen molar-refractivity contribution in [1.29, 1.82) is 0 Å². The number of hydrogen-bond donors (Lipinski definition) is 0. The van der Waals surface area contributed by atoms with Crippen molar-refractivity contribution in [1.82, 2.24) is 0 Å². The average molecular weight is 1210 g/mol. The lowest BCUT2D eigenvalue weighted by atomic mass is 9.44. The van der Waals surface area contributed by atoms with Crippen LogP contribution in [0.3, 0.4) is 0 Å². The molecule has 0 aliphatic heterocycles. The van der Waals surface area contributed by atoms with Crippen molar-refractivity contribution in [3.63, 3.8) is 0 Å². The van der Waals surface area contributed by atoms with Crippen LogP contribution in [0.5, 0.6) is 11.5 Å². The Hall–Kier alpha value is -3.02. The Kier molecular flexibility index (Phi) is 23.8. The van der Waals surface area contributed by atoms with E-state index in [1.165, 1.54) is 140 Å². The van der Waals surface area contributed by atoms with Crippen molar-refractivity contribution >= 4 is 11.9 Å². The molecule has 2 aromatic carbocycles. The van der Waals surface area contributed by atoms with Gasteiger partial charge in [-0.2, -0.15) is 0 Å². The minimum absolute atomic E-state index is 0.0359. The lowest BCUT2D eigenvalue weighted by molar-refractivity contribution is -0.163. The van der Waals surface area contributed by atoms with Gasteiger partial charge in [0.15, 0.2) is 0 Å². The highest BCUT2D eigenvalue weighted by Crippen LogP contribution is 2.70. The average Bonchev–Trinajstić information content (AvgIpc) is 1.39. The Morgan fingerprint density at radius 2 is 0.761 bits per heavy atom. The van der Waals surface area contributed by atoms with Crippen LogP contribution in [0.2, 0.25) is 0 Å². The van der Waals surface area contributed by atoms with E-state index in [9.17, 15) is 9.59 Å². The number of hydrogen-bond acceptors (Lipinski definition) is 6. The fourth-order valence-electron chi connectivity index (χ4n) is 22.9. The summed E-state index contributed by atoms with van der Waals surface area (Å²) in [6.07, 6.45) is 44.3. The van der Waals surface area contributed by atoms with Crippen LogP contribution >= 0.6 is 0 Å². The van der Waals surface area contributed by atoms with Gasteiger partial charge in [-0.3, -0.25) is 9.59 Å². The molecular formula is C82H130O6. The number of ether oxygens (including phenoxy) is 4. The van der Waals surface area contributed by atoms with Crippen LogP contribution in [0.1, 0.15) is 300 Å². The van der Waals surface area contributed by atoms with Crippen LogP contribution in [0.25, 0.3) is 11.1 Å². The molecule has 0 saturated heterocycles. The smallest absolute Gasteiger partial charge is 0.306 e. The quantitative estimate of drug-likeness (QED) is 0.0553. The van der Waals surface area contributed by atoms with Gasteiger partial charge in [-0.25, -0.2) is 0 Å². The lowest BCUT2D eigenvalue weighted by Crippen LogP contribution is -2.54. The first-order chi connectivity index (χ1) is 42.4. The van der Waals surface area contributed by atoms with Crippen LogP contribution in [-0.2, 0) is 19.1 Å². The van der Waals surface area contributed by atoms with Crippen LogP contribution in [0, 0.1) is 105 Å². The van der Waals surface area contributed by atoms with Crippen molar-refractivity contribution in [3.05, 3.63) is 48.5 Å². The maximum atomic E-state index is 13.1. The molecule has 0 radical (unpaired) electrons. The molecule has 8 saturated carbocycles. The zero-order valence-corrected chi connectivity index (χ0v) is 58.2. The molecule has 8 aliphatic rings. The normalized spacial score (nSPS) is 35.6. The summed E-state index contributed by atoms with van der Waals surface area (Å²) in [5.41, 5.74) is 4.30. The van der Waals surface area contributed by atoms with Gasteiger partial charge in [0.1, 0.15) is 23.7 Å². The number of esters is 2. The maximum absolute atomic E-state index is 13.1. The van der Waals surface area contributed by atoms with Gasteiger partial charge in [0.2, 0.25) is 0 Å². The molecule has 6 heteroatoms. The number of carbonyl (C=O) groups excluding carboxylic acids is 2. The monoisotopic (exact) mass is 1210 g/mol. The topological polar surface area (TPSA) is 71.1 Å². The highest BCUT2D eigenvalue weighted by Gasteiger charge is 2.62. The Labute approximate surface area is 539 Å². The fraction of sp³-hybridized carbons (Fsp3) is 0.829. The molecule has 8 aliphatic carbocycles. The number of carbonyl (C=O) groups is 2. The van der Waals surface area contributed by atoms with E-state index in [4.69, 9.17) is 18.9 Å². The number of unbranched alkanes of at least 4 members (excludes halogenated alkanes) is 8. The predicted molar refractivity (Wildman–Crippen MR) is 364 cm³/mol. The summed E-state index contributed by atoms with van der Waals surface area (Å²) in [5, 5.41) is 0. The van der Waals surface area contributed by atoms with E-state index in [1.807, 2.05) is 0 Å². The first-order valence-corrected chi connectivity index (χ1v) is 38.2. The van der Waals surface area contributed by atoms with Crippen LogP contribution in [0.4, 0.5) is 0 Å². The van der Waals surface area contributed by atoms with E-state index in [2.05, 4.69) is 118 Å². The summed E-state index contributed by atoms with van der Waals surface area (Å²) >= 11 is 0. The molecule has 2 aromatic rings. The summed E-state index contributed by atoms with van der Waals surface area (Å²) in [4.78, 5) is 26.2. The maximum Gasteiger partial charge on any atom is 0.306 e. The van der Waals surface area contributed by atoms with Gasteiger partial charge in [0, 0.05) is 12.8 Å². The van der Waals surface area contributed by atoms with Gasteiger partial charge in [-0.05, 0) is 281 Å². The number of rotatable bonds is 31. The second kappa shape index (κ2) is 30.8. The van der Waals surface area contributed by atoms with Gasteiger partial charge in [0.25, 0.3) is 0 Å². The second-order valence-corrected chi connectivity index (χ2v) is 33.9. The van der Waals surface area contributed by atoms with Gasteiger partial charge >= 0.3 is 11.9 Å². The summed E-state index contributed by atoms with van der Waals surface area (Å²) in [5.74, 6) is 14.0. The van der Waals surface area contributed by atoms with Gasteiger partial charge in [-0.15, -0.1) is 0 Å². The zero-order valence-electron chi connectivity index (χ0n) is 58.2. The first-order valence-electron chi connectivity index (χ1n) is 38.2. The third kappa shape index (κ3) is 16.0.